The van der Waals surface area contributed by atoms with Gasteiger partial charge in [0.15, 0.2) is 0 Å². The summed E-state index contributed by atoms with van der Waals surface area (Å²) < 4.78 is 8.39. The number of nitriles is 1. The zero-order valence-electron chi connectivity index (χ0n) is 17.6. The van der Waals surface area contributed by atoms with Gasteiger partial charge < -0.3 is 9.30 Å². The minimum Gasteiger partial charge on any atom is -0.363 e. The van der Waals surface area contributed by atoms with Crippen molar-refractivity contribution in [3.8, 4) is 6.07 Å². The van der Waals surface area contributed by atoms with Crippen molar-refractivity contribution < 1.29 is 4.74 Å². The van der Waals surface area contributed by atoms with Crippen molar-refractivity contribution in [2.75, 3.05) is 0 Å². The van der Waals surface area contributed by atoms with Gasteiger partial charge in [-0.05, 0) is 47.8 Å². The minimum absolute atomic E-state index is 0.301. The first-order valence-corrected chi connectivity index (χ1v) is 10.6. The van der Waals surface area contributed by atoms with Gasteiger partial charge >= 0.3 is 0 Å². The maximum atomic E-state index is 9.93. The van der Waals surface area contributed by atoms with Crippen LogP contribution in [-0.2, 0) is 18.4 Å². The predicted octanol–water partition coefficient (Wildman–Crippen LogP) is 6.27. The lowest BCUT2D eigenvalue weighted by molar-refractivity contribution is 0.0612. The van der Waals surface area contributed by atoms with Crippen LogP contribution >= 0.6 is 11.6 Å². The van der Waals surface area contributed by atoms with Crippen molar-refractivity contribution in [2.45, 2.75) is 26.1 Å². The zero-order chi connectivity index (χ0) is 21.8. The molecule has 0 spiro atoms. The third-order valence-electron chi connectivity index (χ3n) is 5.74. The van der Waals surface area contributed by atoms with Crippen LogP contribution in [0.25, 0.3) is 5.57 Å². The van der Waals surface area contributed by atoms with Crippen LogP contribution in [-0.4, -0.2) is 9.55 Å². The molecule has 5 heteroatoms. The number of hydrogen-bond acceptors (Lipinski definition) is 3. The highest BCUT2D eigenvalue weighted by atomic mass is 35.5. The van der Waals surface area contributed by atoms with Gasteiger partial charge in [0, 0.05) is 12.1 Å². The first kappa shape index (κ1) is 21.1. The van der Waals surface area contributed by atoms with Gasteiger partial charge in [-0.15, -0.1) is 0 Å². The average Bonchev–Trinajstić information content (AvgIpc) is 3.22. The Kier molecular flexibility index (Phi) is 6.08. The molecule has 2 atom stereocenters. The summed E-state index contributed by atoms with van der Waals surface area (Å²) in [5.74, 6) is 0. The van der Waals surface area contributed by atoms with Crippen molar-refractivity contribution in [1.29, 1.82) is 5.26 Å². The highest BCUT2D eigenvalue weighted by molar-refractivity contribution is 6.30. The molecule has 0 radical (unpaired) electrons. The number of nitrogens with zero attached hydrogens (tertiary/aromatic N) is 3. The second kappa shape index (κ2) is 8.93. The number of rotatable bonds is 6. The number of aryl methyl sites for hydroxylation is 1. The molecule has 156 valence electrons. The van der Waals surface area contributed by atoms with E-state index in [1.807, 2.05) is 67.2 Å². The van der Waals surface area contributed by atoms with Gasteiger partial charge in [0.05, 0.1) is 36.3 Å². The van der Waals surface area contributed by atoms with Crippen LogP contribution < -0.4 is 0 Å². The summed E-state index contributed by atoms with van der Waals surface area (Å²) in [7, 11) is 1.96. The fraction of sp³-hybridized carbons (Fsp3) is 0.231. The lowest BCUT2D eigenvalue weighted by Gasteiger charge is -2.31. The Balaban J connectivity index is 1.70. The van der Waals surface area contributed by atoms with Gasteiger partial charge in [0.1, 0.15) is 6.10 Å². The van der Waals surface area contributed by atoms with E-state index in [0.717, 1.165) is 28.0 Å². The standard InChI is InChI=1S/C26H24ClN3O/c1-26(17-28)13-12-21(14-23(26)20-6-4-3-5-7-20)25(24-15-29-18-30(24)2)31-16-19-8-10-22(27)11-9-19/h3-12,14-15,18,25H,13,16H2,1-2H3. The lowest BCUT2D eigenvalue weighted by Crippen LogP contribution is -2.21. The fourth-order valence-electron chi connectivity index (χ4n) is 3.86. The number of imidazole rings is 1. The number of ether oxygens (including phenoxy) is 1. The molecular weight excluding hydrogens is 406 g/mol. The Morgan fingerprint density at radius 2 is 1.94 bits per heavy atom. The molecule has 1 aliphatic rings. The SMILES string of the molecule is Cn1cncc1C(OCc1ccc(Cl)cc1)C1=CCC(C)(C#N)C(c2ccccc2)=C1. The van der Waals surface area contributed by atoms with Crippen LogP contribution in [0.3, 0.4) is 0 Å². The molecule has 1 aliphatic carbocycles. The second-order valence-electron chi connectivity index (χ2n) is 8.02. The van der Waals surface area contributed by atoms with Crippen LogP contribution in [0.15, 0.2) is 84.8 Å². The lowest BCUT2D eigenvalue weighted by atomic mass is 9.72. The number of benzene rings is 2. The van der Waals surface area contributed by atoms with Gasteiger partial charge in [-0.1, -0.05) is 66.2 Å². The maximum Gasteiger partial charge on any atom is 0.124 e. The summed E-state index contributed by atoms with van der Waals surface area (Å²) in [6.07, 6.45) is 8.17. The highest BCUT2D eigenvalue weighted by Crippen LogP contribution is 2.44. The Morgan fingerprint density at radius 3 is 2.58 bits per heavy atom. The number of aromatic nitrogens is 2. The molecular formula is C26H24ClN3O. The molecule has 0 bridgehead atoms. The van der Waals surface area contributed by atoms with E-state index in [9.17, 15) is 5.26 Å². The fourth-order valence-corrected chi connectivity index (χ4v) is 3.98. The summed E-state index contributed by atoms with van der Waals surface area (Å²) in [6, 6.07) is 20.3. The van der Waals surface area contributed by atoms with Crippen molar-refractivity contribution in [3.05, 3.63) is 107 Å². The molecule has 0 fully saturated rings. The number of allylic oxidation sites excluding steroid dienone is 2. The monoisotopic (exact) mass is 429 g/mol. The summed E-state index contributed by atoms with van der Waals surface area (Å²) in [5.41, 5.74) is 4.52. The first-order chi connectivity index (χ1) is 15.0. The molecule has 0 saturated heterocycles. The third kappa shape index (κ3) is 4.49. The number of hydrogen-bond donors (Lipinski definition) is 0. The predicted molar refractivity (Wildman–Crippen MR) is 123 cm³/mol. The Labute approximate surface area is 188 Å². The van der Waals surface area contributed by atoms with Crippen molar-refractivity contribution in [1.82, 2.24) is 9.55 Å². The largest absolute Gasteiger partial charge is 0.363 e. The Morgan fingerprint density at radius 1 is 1.19 bits per heavy atom. The molecule has 0 N–H and O–H groups in total. The van der Waals surface area contributed by atoms with E-state index in [4.69, 9.17) is 16.3 Å². The van der Waals surface area contributed by atoms with Crippen molar-refractivity contribution in [2.24, 2.45) is 12.5 Å². The Bertz CT molecular complexity index is 1160. The highest BCUT2D eigenvalue weighted by Gasteiger charge is 2.34. The van der Waals surface area contributed by atoms with Gasteiger partial charge in [-0.2, -0.15) is 5.26 Å². The van der Waals surface area contributed by atoms with Crippen LogP contribution in [0.5, 0.6) is 0 Å². The van der Waals surface area contributed by atoms with E-state index >= 15 is 0 Å². The molecule has 3 aromatic rings. The third-order valence-corrected chi connectivity index (χ3v) is 5.99. The molecule has 0 saturated carbocycles. The number of halogens is 1. The molecule has 2 unspecified atom stereocenters. The molecule has 4 rings (SSSR count). The van der Waals surface area contributed by atoms with E-state index in [1.54, 1.807) is 6.33 Å². The topological polar surface area (TPSA) is 50.8 Å². The van der Waals surface area contributed by atoms with Crippen LogP contribution in [0.2, 0.25) is 5.02 Å². The van der Waals surface area contributed by atoms with E-state index < -0.39 is 5.41 Å². The molecule has 1 heterocycles. The van der Waals surface area contributed by atoms with Crippen LogP contribution in [0.4, 0.5) is 0 Å². The normalized spacial score (nSPS) is 19.3. The van der Waals surface area contributed by atoms with E-state index in [2.05, 4.69) is 35.3 Å². The molecule has 0 aliphatic heterocycles. The second-order valence-corrected chi connectivity index (χ2v) is 8.46. The van der Waals surface area contributed by atoms with Crippen molar-refractivity contribution >= 4 is 17.2 Å². The average molecular weight is 430 g/mol. The zero-order valence-corrected chi connectivity index (χ0v) is 18.4. The smallest absolute Gasteiger partial charge is 0.124 e. The van der Waals surface area contributed by atoms with Gasteiger partial charge in [-0.25, -0.2) is 4.98 Å². The summed E-state index contributed by atoms with van der Waals surface area (Å²) in [5, 5.41) is 10.6. The quantitative estimate of drug-likeness (QED) is 0.463. The molecule has 2 aromatic carbocycles. The van der Waals surface area contributed by atoms with Crippen LogP contribution in [0, 0.1) is 16.7 Å². The van der Waals surface area contributed by atoms with E-state index in [-0.39, 0.29) is 6.10 Å². The summed E-state index contributed by atoms with van der Waals surface area (Å²) in [4.78, 5) is 4.29. The van der Waals surface area contributed by atoms with Gasteiger partial charge in [0.25, 0.3) is 0 Å². The van der Waals surface area contributed by atoms with Gasteiger partial charge in [-0.3, -0.25) is 0 Å². The maximum absolute atomic E-state index is 9.93. The van der Waals surface area contributed by atoms with Crippen molar-refractivity contribution in [3.63, 3.8) is 0 Å². The van der Waals surface area contributed by atoms with Crippen LogP contribution in [0.1, 0.15) is 36.3 Å². The summed E-state index contributed by atoms with van der Waals surface area (Å²) in [6.45, 7) is 2.43. The molecule has 4 nitrogen and oxygen atoms in total. The first-order valence-electron chi connectivity index (χ1n) is 10.2. The molecule has 0 amide bonds. The Hall–Kier alpha value is -3.13. The molecule has 1 aromatic heterocycles. The van der Waals surface area contributed by atoms with Gasteiger partial charge in [0.2, 0.25) is 0 Å². The van der Waals surface area contributed by atoms with E-state index in [0.29, 0.717) is 18.1 Å². The summed E-state index contributed by atoms with van der Waals surface area (Å²) >= 11 is 6.02. The molecule has 31 heavy (non-hydrogen) atoms. The minimum atomic E-state index is -0.585. The van der Waals surface area contributed by atoms with E-state index in [1.165, 1.54) is 0 Å².